The van der Waals surface area contributed by atoms with Crippen LogP contribution < -0.4 is 5.43 Å². The fourth-order valence-corrected chi connectivity index (χ4v) is 3.83. The molecule has 33 heavy (non-hydrogen) atoms. The van der Waals surface area contributed by atoms with Crippen molar-refractivity contribution in [1.82, 2.24) is 4.57 Å². The molecule has 1 heterocycles. The summed E-state index contributed by atoms with van der Waals surface area (Å²) < 4.78 is 70.3. The maximum absolute atomic E-state index is 14.0. The Morgan fingerprint density at radius 3 is 2.12 bits per heavy atom. The Kier molecular flexibility index (Phi) is 7.58. The van der Waals surface area contributed by atoms with Crippen LogP contribution in [-0.2, 0) is 12.0 Å². The molecule has 2 N–H and O–H groups in total. The molecule has 4 nitrogen and oxygen atoms in total. The molecule has 0 spiro atoms. The van der Waals surface area contributed by atoms with E-state index in [9.17, 15) is 37.0 Å². The van der Waals surface area contributed by atoms with Gasteiger partial charge in [-0.3, -0.25) is 4.79 Å². The van der Waals surface area contributed by atoms with Gasteiger partial charge in [0.15, 0.2) is 11.0 Å². The van der Waals surface area contributed by atoms with E-state index >= 15 is 0 Å². The van der Waals surface area contributed by atoms with Crippen molar-refractivity contribution < 1.29 is 32.2 Å². The summed E-state index contributed by atoms with van der Waals surface area (Å²) in [6.45, 7) is 5.69. The number of fused-ring (bicyclic) bond motifs is 1. The minimum Gasteiger partial charge on any atom is -0.508 e. The van der Waals surface area contributed by atoms with Crippen LogP contribution in [0.25, 0.3) is 10.9 Å². The minimum absolute atomic E-state index is 0.0167. The molecule has 1 unspecified atom stereocenters. The SMILES string of the molecule is CC.CC(C)(CC(O)(Cn1ccc(=O)c2cc(F)ccc21)C(F)(F)F)c1cc(F)ccc1O. The fourth-order valence-electron chi connectivity index (χ4n) is 3.83. The largest absolute Gasteiger partial charge is 0.508 e. The summed E-state index contributed by atoms with van der Waals surface area (Å²) >= 11 is 0. The van der Waals surface area contributed by atoms with E-state index in [1.54, 1.807) is 0 Å². The molecule has 0 aliphatic rings. The monoisotopic (exact) mass is 471 g/mol. The maximum atomic E-state index is 14.0. The highest BCUT2D eigenvalue weighted by Crippen LogP contribution is 2.44. The third kappa shape index (κ3) is 5.52. The van der Waals surface area contributed by atoms with Crippen molar-refractivity contribution in [3.63, 3.8) is 0 Å². The van der Waals surface area contributed by atoms with Crippen molar-refractivity contribution >= 4 is 10.9 Å². The highest BCUT2D eigenvalue weighted by molar-refractivity contribution is 5.78. The van der Waals surface area contributed by atoms with Crippen molar-refractivity contribution in [2.45, 2.75) is 57.9 Å². The number of hydrogen-bond acceptors (Lipinski definition) is 3. The van der Waals surface area contributed by atoms with Gasteiger partial charge in [0, 0.05) is 23.2 Å². The summed E-state index contributed by atoms with van der Waals surface area (Å²) in [6, 6.07) is 6.98. The second-order valence-corrected chi connectivity index (χ2v) is 8.22. The average molecular weight is 471 g/mol. The van der Waals surface area contributed by atoms with Crippen LogP contribution in [0.1, 0.15) is 39.7 Å². The predicted octanol–water partition coefficient (Wildman–Crippen LogP) is 5.67. The summed E-state index contributed by atoms with van der Waals surface area (Å²) in [7, 11) is 0. The quantitative estimate of drug-likeness (QED) is 0.471. The van der Waals surface area contributed by atoms with E-state index in [4.69, 9.17) is 0 Å². The van der Waals surface area contributed by atoms with Gasteiger partial charge in [0.1, 0.15) is 17.4 Å². The summed E-state index contributed by atoms with van der Waals surface area (Å²) in [4.78, 5) is 12.0. The number of aromatic nitrogens is 1. The number of rotatable bonds is 5. The summed E-state index contributed by atoms with van der Waals surface area (Å²) in [6.07, 6.45) is -4.94. The lowest BCUT2D eigenvalue weighted by molar-refractivity contribution is -0.271. The van der Waals surface area contributed by atoms with Crippen LogP contribution in [0.2, 0.25) is 0 Å². The Morgan fingerprint density at radius 1 is 0.939 bits per heavy atom. The van der Waals surface area contributed by atoms with Gasteiger partial charge < -0.3 is 14.8 Å². The van der Waals surface area contributed by atoms with Crippen LogP contribution in [0, 0.1) is 11.6 Å². The molecule has 180 valence electrons. The number of nitrogens with zero attached hydrogens (tertiary/aromatic N) is 1. The molecule has 3 aromatic rings. The van der Waals surface area contributed by atoms with E-state index in [0.717, 1.165) is 53.2 Å². The molecule has 2 aromatic carbocycles. The lowest BCUT2D eigenvalue weighted by atomic mass is 9.74. The first-order chi connectivity index (χ1) is 15.2. The number of phenolic OH excluding ortho intramolecular Hbond substituents is 1. The Bertz CT molecular complexity index is 1190. The summed E-state index contributed by atoms with van der Waals surface area (Å²) in [5.41, 5.74) is -5.46. The second-order valence-electron chi connectivity index (χ2n) is 8.22. The molecule has 0 fully saturated rings. The minimum atomic E-state index is -5.11. The molecule has 1 atom stereocenters. The van der Waals surface area contributed by atoms with Crippen LogP contribution in [0.15, 0.2) is 53.5 Å². The Morgan fingerprint density at radius 2 is 1.52 bits per heavy atom. The lowest BCUT2D eigenvalue weighted by Gasteiger charge is -2.38. The maximum Gasteiger partial charge on any atom is 0.418 e. The predicted molar refractivity (Wildman–Crippen MR) is 116 cm³/mol. The second kappa shape index (κ2) is 9.51. The van der Waals surface area contributed by atoms with Gasteiger partial charge in [-0.25, -0.2) is 8.78 Å². The van der Waals surface area contributed by atoms with Crippen LogP contribution in [0.3, 0.4) is 0 Å². The molecule has 0 aliphatic carbocycles. The van der Waals surface area contributed by atoms with Crippen LogP contribution in [0.5, 0.6) is 5.75 Å². The smallest absolute Gasteiger partial charge is 0.418 e. The van der Waals surface area contributed by atoms with Crippen molar-refractivity contribution in [2.24, 2.45) is 0 Å². The lowest BCUT2D eigenvalue weighted by Crippen LogP contribution is -2.52. The van der Waals surface area contributed by atoms with Crippen molar-refractivity contribution in [3.8, 4) is 5.75 Å². The van der Waals surface area contributed by atoms with Gasteiger partial charge in [0.2, 0.25) is 0 Å². The summed E-state index contributed by atoms with van der Waals surface area (Å²) in [5.74, 6) is -1.87. The van der Waals surface area contributed by atoms with E-state index in [2.05, 4.69) is 0 Å². The third-order valence-corrected chi connectivity index (χ3v) is 5.32. The van der Waals surface area contributed by atoms with Crippen LogP contribution in [0.4, 0.5) is 22.0 Å². The van der Waals surface area contributed by atoms with Gasteiger partial charge >= 0.3 is 6.18 Å². The number of hydrogen-bond donors (Lipinski definition) is 2. The molecule has 0 aliphatic heterocycles. The van der Waals surface area contributed by atoms with E-state index in [1.165, 1.54) is 13.8 Å². The van der Waals surface area contributed by atoms with Gasteiger partial charge in [-0.05, 0) is 48.2 Å². The van der Waals surface area contributed by atoms with Gasteiger partial charge in [0.25, 0.3) is 0 Å². The zero-order chi connectivity index (χ0) is 25.2. The Labute approximate surface area is 187 Å². The van der Waals surface area contributed by atoms with Crippen molar-refractivity contribution in [3.05, 3.63) is 76.1 Å². The fraction of sp³-hybridized carbons (Fsp3) is 0.375. The normalized spacial score (nSPS) is 13.9. The number of aliphatic hydroxyl groups is 1. The number of benzene rings is 2. The van der Waals surface area contributed by atoms with Gasteiger partial charge in [-0.15, -0.1) is 0 Å². The third-order valence-electron chi connectivity index (χ3n) is 5.32. The molecule has 0 saturated heterocycles. The number of aromatic hydroxyl groups is 1. The molecule has 1 aromatic heterocycles. The standard InChI is InChI=1S/C22H20F5NO3.C2H6/c1-20(2,16-10-14(24)4-6-19(16)30)11-21(31,22(25,26)27)12-28-8-7-18(29)15-9-13(23)3-5-17(15)28;1-2/h3-10,30-31H,11-12H2,1-2H3;1-2H3. The zero-order valence-electron chi connectivity index (χ0n) is 18.7. The molecular weight excluding hydrogens is 445 g/mol. The molecular formula is C24H26F5NO3. The van der Waals surface area contributed by atoms with Crippen molar-refractivity contribution in [1.29, 1.82) is 0 Å². The number of pyridine rings is 1. The Hall–Kier alpha value is -2.94. The van der Waals surface area contributed by atoms with Gasteiger partial charge in [-0.1, -0.05) is 27.7 Å². The van der Waals surface area contributed by atoms with Crippen molar-refractivity contribution in [2.75, 3.05) is 0 Å². The number of halogens is 5. The first kappa shape index (κ1) is 26.3. The van der Waals surface area contributed by atoms with E-state index in [1.807, 2.05) is 13.8 Å². The van der Waals surface area contributed by atoms with Gasteiger partial charge in [-0.2, -0.15) is 13.2 Å². The summed E-state index contributed by atoms with van der Waals surface area (Å²) in [5, 5.41) is 20.7. The molecule has 0 amide bonds. The molecule has 0 saturated carbocycles. The molecule has 9 heteroatoms. The zero-order valence-corrected chi connectivity index (χ0v) is 18.7. The molecule has 0 radical (unpaired) electrons. The number of alkyl halides is 3. The number of phenols is 1. The topological polar surface area (TPSA) is 62.5 Å². The highest BCUT2D eigenvalue weighted by atomic mass is 19.4. The molecule has 3 rings (SSSR count). The molecule has 0 bridgehead atoms. The first-order valence-corrected chi connectivity index (χ1v) is 10.3. The van der Waals surface area contributed by atoms with Crippen LogP contribution >= 0.6 is 0 Å². The van der Waals surface area contributed by atoms with Gasteiger partial charge in [0.05, 0.1) is 12.1 Å². The van der Waals surface area contributed by atoms with E-state index in [-0.39, 0.29) is 16.5 Å². The first-order valence-electron chi connectivity index (χ1n) is 10.3. The van der Waals surface area contributed by atoms with E-state index in [0.29, 0.717) is 0 Å². The Balaban J connectivity index is 0.00000187. The van der Waals surface area contributed by atoms with Crippen LogP contribution in [-0.4, -0.2) is 26.6 Å². The van der Waals surface area contributed by atoms with E-state index < -0.39 is 53.0 Å². The average Bonchev–Trinajstić information content (AvgIpc) is 2.72. The highest BCUT2D eigenvalue weighted by Gasteiger charge is 2.56.